The number of nitrogens with one attached hydrogen (secondary N) is 1. The highest BCUT2D eigenvalue weighted by Gasteiger charge is 2.30. The zero-order chi connectivity index (χ0) is 11.8. The monoisotopic (exact) mass is 251 g/mol. The van der Waals surface area contributed by atoms with Gasteiger partial charge in [-0.05, 0) is 43.0 Å². The highest BCUT2D eigenvalue weighted by atomic mass is 35.5. The minimum Gasteiger partial charge on any atom is -0.492 e. The number of ether oxygens (including phenoxy) is 1. The van der Waals surface area contributed by atoms with Crippen molar-refractivity contribution in [3.8, 4) is 5.75 Å². The summed E-state index contributed by atoms with van der Waals surface area (Å²) in [5.41, 5.74) is 1.03. The van der Waals surface area contributed by atoms with E-state index in [1.165, 1.54) is 0 Å². The summed E-state index contributed by atoms with van der Waals surface area (Å²) in [7, 11) is 0. The molecule has 0 aromatic heterocycles. The molecule has 0 unspecified atom stereocenters. The summed E-state index contributed by atoms with van der Waals surface area (Å²) >= 11 is 5.94. The third-order valence-corrected chi connectivity index (χ3v) is 3.46. The van der Waals surface area contributed by atoms with Crippen molar-refractivity contribution < 1.29 is 9.53 Å². The molecule has 1 heterocycles. The van der Waals surface area contributed by atoms with E-state index in [1.54, 1.807) is 0 Å². The van der Waals surface area contributed by atoms with Crippen molar-refractivity contribution in [2.75, 3.05) is 6.61 Å². The maximum atomic E-state index is 11.9. The Morgan fingerprint density at radius 3 is 3.00 bits per heavy atom. The number of hydrogen-bond donors (Lipinski definition) is 1. The first-order valence-electron chi connectivity index (χ1n) is 5.94. The zero-order valence-electron chi connectivity index (χ0n) is 9.41. The molecular formula is C13H14ClNO2. The van der Waals surface area contributed by atoms with Gasteiger partial charge in [0.1, 0.15) is 12.4 Å². The summed E-state index contributed by atoms with van der Waals surface area (Å²) in [6.45, 7) is 0.465. The fourth-order valence-electron chi connectivity index (χ4n) is 2.08. The summed E-state index contributed by atoms with van der Waals surface area (Å²) < 4.78 is 5.59. The summed E-state index contributed by atoms with van der Waals surface area (Å²) in [4.78, 5) is 11.9. The van der Waals surface area contributed by atoms with Crippen LogP contribution in [-0.4, -0.2) is 18.6 Å². The lowest BCUT2D eigenvalue weighted by atomic mass is 9.96. The highest BCUT2D eigenvalue weighted by molar-refractivity contribution is 6.30. The van der Waals surface area contributed by atoms with Crippen LogP contribution in [0.15, 0.2) is 18.2 Å². The maximum Gasteiger partial charge on any atom is 0.227 e. The topological polar surface area (TPSA) is 38.3 Å². The lowest BCUT2D eigenvalue weighted by molar-refractivity contribution is -0.126. The van der Waals surface area contributed by atoms with Gasteiger partial charge < -0.3 is 10.1 Å². The van der Waals surface area contributed by atoms with E-state index >= 15 is 0 Å². The molecule has 1 aliphatic heterocycles. The number of fused-ring (bicyclic) bond motifs is 1. The fraction of sp³-hybridized carbons (Fsp3) is 0.462. The van der Waals surface area contributed by atoms with Gasteiger partial charge in [0.2, 0.25) is 5.91 Å². The third-order valence-electron chi connectivity index (χ3n) is 3.22. The van der Waals surface area contributed by atoms with Crippen molar-refractivity contribution in [3.63, 3.8) is 0 Å². The molecule has 0 radical (unpaired) electrons. The maximum absolute atomic E-state index is 11.9. The van der Waals surface area contributed by atoms with Crippen LogP contribution < -0.4 is 10.1 Å². The molecule has 1 amide bonds. The van der Waals surface area contributed by atoms with Crippen molar-refractivity contribution in [2.24, 2.45) is 5.92 Å². The summed E-state index contributed by atoms with van der Waals surface area (Å²) in [6, 6.07) is 5.97. The summed E-state index contributed by atoms with van der Waals surface area (Å²) in [5.74, 6) is 0.879. The molecule has 1 aliphatic carbocycles. The Hall–Kier alpha value is -1.22. The standard InChI is InChI=1S/C13H14ClNO2/c14-10-1-4-12-8(6-10)5-9(7-17-12)13(16)15-11-2-3-11/h1,4,6,9,11H,2-3,5,7H2,(H,15,16)/t9-/m0/s1. The molecule has 1 N–H and O–H groups in total. The van der Waals surface area contributed by atoms with E-state index in [4.69, 9.17) is 16.3 Å². The average Bonchev–Trinajstić information content (AvgIpc) is 3.12. The van der Waals surface area contributed by atoms with E-state index in [1.807, 2.05) is 18.2 Å². The van der Waals surface area contributed by atoms with Gasteiger partial charge in [-0.2, -0.15) is 0 Å². The molecule has 1 fully saturated rings. The van der Waals surface area contributed by atoms with Crippen molar-refractivity contribution in [3.05, 3.63) is 28.8 Å². The molecule has 0 bridgehead atoms. The molecular weight excluding hydrogens is 238 g/mol. The summed E-state index contributed by atoms with van der Waals surface area (Å²) in [5, 5.41) is 3.71. The number of amides is 1. The van der Waals surface area contributed by atoms with E-state index in [9.17, 15) is 4.79 Å². The minimum absolute atomic E-state index is 0.0819. The quantitative estimate of drug-likeness (QED) is 0.875. The van der Waals surface area contributed by atoms with Gasteiger partial charge in [-0.25, -0.2) is 0 Å². The van der Waals surface area contributed by atoms with E-state index in [0.29, 0.717) is 24.1 Å². The van der Waals surface area contributed by atoms with Gasteiger partial charge >= 0.3 is 0 Å². The summed E-state index contributed by atoms with van der Waals surface area (Å²) in [6.07, 6.45) is 2.94. The van der Waals surface area contributed by atoms with Crippen molar-refractivity contribution >= 4 is 17.5 Å². The molecule has 3 rings (SSSR count). The van der Waals surface area contributed by atoms with E-state index in [0.717, 1.165) is 24.2 Å². The highest BCUT2D eigenvalue weighted by Crippen LogP contribution is 2.30. The van der Waals surface area contributed by atoms with Crippen LogP contribution in [0, 0.1) is 5.92 Å². The molecule has 0 saturated heterocycles. The molecule has 90 valence electrons. The molecule has 4 heteroatoms. The van der Waals surface area contributed by atoms with Gasteiger partial charge in [-0.3, -0.25) is 4.79 Å². The van der Waals surface area contributed by atoms with Gasteiger partial charge in [0.15, 0.2) is 0 Å². The van der Waals surface area contributed by atoms with Crippen LogP contribution in [0.1, 0.15) is 18.4 Å². The Balaban J connectivity index is 1.72. The van der Waals surface area contributed by atoms with E-state index in [2.05, 4.69) is 5.32 Å². The molecule has 1 saturated carbocycles. The Kier molecular flexibility index (Phi) is 2.71. The number of hydrogen-bond acceptors (Lipinski definition) is 2. The Morgan fingerprint density at radius 1 is 1.41 bits per heavy atom. The molecule has 1 aromatic rings. The van der Waals surface area contributed by atoms with Gasteiger partial charge in [-0.15, -0.1) is 0 Å². The SMILES string of the molecule is O=C(NC1CC1)[C@@H]1COc2ccc(Cl)cc2C1. The van der Waals surface area contributed by atoms with Crippen LogP contribution in [0.3, 0.4) is 0 Å². The Morgan fingerprint density at radius 2 is 2.24 bits per heavy atom. The Labute approximate surface area is 105 Å². The Bertz CT molecular complexity index is 457. The predicted molar refractivity (Wildman–Crippen MR) is 65.3 cm³/mol. The lowest BCUT2D eigenvalue weighted by Gasteiger charge is -2.24. The molecule has 2 aliphatic rings. The van der Waals surface area contributed by atoms with Crippen molar-refractivity contribution in [2.45, 2.75) is 25.3 Å². The van der Waals surface area contributed by atoms with Crippen LogP contribution >= 0.6 is 11.6 Å². The molecule has 17 heavy (non-hydrogen) atoms. The average molecular weight is 252 g/mol. The number of benzene rings is 1. The second-order valence-corrected chi connectivity index (χ2v) is 5.18. The molecule has 0 spiro atoms. The van der Waals surface area contributed by atoms with Crippen LogP contribution in [0.2, 0.25) is 5.02 Å². The largest absolute Gasteiger partial charge is 0.492 e. The normalized spacial score (nSPS) is 22.5. The number of halogens is 1. The first-order chi connectivity index (χ1) is 8.22. The number of rotatable bonds is 2. The van der Waals surface area contributed by atoms with Crippen LogP contribution in [0.5, 0.6) is 5.75 Å². The number of carbonyl (C=O) groups excluding carboxylic acids is 1. The van der Waals surface area contributed by atoms with Gasteiger partial charge in [0.25, 0.3) is 0 Å². The zero-order valence-corrected chi connectivity index (χ0v) is 10.2. The van der Waals surface area contributed by atoms with E-state index in [-0.39, 0.29) is 11.8 Å². The molecule has 1 aromatic carbocycles. The first-order valence-corrected chi connectivity index (χ1v) is 6.32. The minimum atomic E-state index is -0.0819. The lowest BCUT2D eigenvalue weighted by Crippen LogP contribution is -2.38. The van der Waals surface area contributed by atoms with Crippen LogP contribution in [0.25, 0.3) is 0 Å². The van der Waals surface area contributed by atoms with Gasteiger partial charge in [-0.1, -0.05) is 11.6 Å². The molecule has 3 nitrogen and oxygen atoms in total. The van der Waals surface area contributed by atoms with Crippen LogP contribution in [-0.2, 0) is 11.2 Å². The van der Waals surface area contributed by atoms with Crippen molar-refractivity contribution in [1.29, 1.82) is 0 Å². The smallest absolute Gasteiger partial charge is 0.227 e. The van der Waals surface area contributed by atoms with E-state index < -0.39 is 0 Å². The second kappa shape index (κ2) is 4.22. The van der Waals surface area contributed by atoms with Crippen molar-refractivity contribution in [1.82, 2.24) is 5.32 Å². The fourth-order valence-corrected chi connectivity index (χ4v) is 2.27. The first kappa shape index (κ1) is 10.9. The predicted octanol–water partition coefficient (Wildman–Crippen LogP) is 2.17. The van der Waals surface area contributed by atoms with Crippen LogP contribution in [0.4, 0.5) is 0 Å². The number of carbonyl (C=O) groups is 1. The van der Waals surface area contributed by atoms with Gasteiger partial charge in [0.05, 0.1) is 5.92 Å². The van der Waals surface area contributed by atoms with Gasteiger partial charge in [0, 0.05) is 11.1 Å². The third kappa shape index (κ3) is 2.39. The second-order valence-electron chi connectivity index (χ2n) is 4.75. The molecule has 1 atom stereocenters.